The van der Waals surface area contributed by atoms with Gasteiger partial charge in [0.15, 0.2) is 34.4 Å². The van der Waals surface area contributed by atoms with Crippen LogP contribution in [0.3, 0.4) is 0 Å². The summed E-state index contributed by atoms with van der Waals surface area (Å²) in [4.78, 5) is 32.0. The molecule has 2 aromatic heterocycles. The predicted molar refractivity (Wildman–Crippen MR) is 122 cm³/mol. The quantitative estimate of drug-likeness (QED) is 0.560. The van der Waals surface area contributed by atoms with Crippen LogP contribution in [0.4, 0.5) is 20.4 Å². The number of nitrogens with two attached hydrogens (primary N) is 2. The monoisotopic (exact) mass is 520 g/mol. The van der Waals surface area contributed by atoms with E-state index in [-0.39, 0.29) is 0 Å². The van der Waals surface area contributed by atoms with Gasteiger partial charge in [-0.1, -0.05) is 58.3 Å². The zero-order valence-electron chi connectivity index (χ0n) is 15.8. The summed E-state index contributed by atoms with van der Waals surface area (Å²) >= 11 is 2.26. The van der Waals surface area contributed by atoms with Crippen LogP contribution in [0.2, 0.25) is 0 Å². The molecule has 4 rings (SSSR count). The number of nitrogens with zero attached hydrogens (tertiary/aromatic N) is 4. The van der Waals surface area contributed by atoms with Crippen molar-refractivity contribution in [2.24, 2.45) is 0 Å². The number of rotatable bonds is 5. The highest BCUT2D eigenvalue weighted by atomic mass is 33.1. The SMILES string of the molecule is C=C1S[C@H](n2cc(F)c(N)nc2=O)O[C@H]1SS[C@@H]1O[C@@H](n2cc(F)c(N)nc2=O)SC1=C. The maximum atomic E-state index is 13.7. The van der Waals surface area contributed by atoms with Gasteiger partial charge in [-0.25, -0.2) is 18.4 Å². The van der Waals surface area contributed by atoms with E-state index in [0.29, 0.717) is 9.81 Å². The summed E-state index contributed by atoms with van der Waals surface area (Å²) in [5, 5.41) is 0. The van der Waals surface area contributed by atoms with Crippen molar-refractivity contribution in [3.05, 3.63) is 68.0 Å². The summed E-state index contributed by atoms with van der Waals surface area (Å²) in [7, 11) is 2.47. The van der Waals surface area contributed by atoms with Crippen LogP contribution < -0.4 is 22.8 Å². The molecule has 4 N–H and O–H groups in total. The minimum atomic E-state index is -0.868. The van der Waals surface area contributed by atoms with Gasteiger partial charge in [-0.05, 0) is 0 Å². The molecule has 16 heteroatoms. The third-order valence-electron chi connectivity index (χ3n) is 4.06. The van der Waals surface area contributed by atoms with Gasteiger partial charge >= 0.3 is 11.4 Å². The summed E-state index contributed by atoms with van der Waals surface area (Å²) in [5.74, 6) is -2.66. The van der Waals surface area contributed by atoms with Gasteiger partial charge in [0.2, 0.25) is 0 Å². The number of anilines is 2. The normalized spacial score (nSPS) is 25.6. The number of halogens is 2. The standard InChI is InChI=1S/C16H14F2N6O4S4/c1-5-11(27-15(29-5)23-3-7(17)9(19)21-13(23)25)31-32-12-6(2)30-16(28-12)24-4-8(18)10(20)22-14(24)26/h3-4,11-12,15-16H,1-2H2,(H2,19,21,25)(H2,20,22,26)/t11-,12-,15+,16+/m0/s1. The van der Waals surface area contributed by atoms with Crippen LogP contribution in [-0.4, -0.2) is 30.0 Å². The van der Waals surface area contributed by atoms with E-state index >= 15 is 0 Å². The number of hydrogen-bond donors (Lipinski definition) is 2. The number of nitrogen functional groups attached to an aromatic ring is 2. The Morgan fingerprint density at radius 2 is 1.25 bits per heavy atom. The van der Waals surface area contributed by atoms with Crippen LogP contribution in [-0.2, 0) is 9.47 Å². The van der Waals surface area contributed by atoms with Gasteiger partial charge in [0.1, 0.15) is 10.9 Å². The lowest BCUT2D eigenvalue weighted by atomic mass is 10.5. The third-order valence-corrected chi connectivity index (χ3v) is 9.11. The fourth-order valence-corrected chi connectivity index (χ4v) is 7.64. The van der Waals surface area contributed by atoms with Crippen molar-refractivity contribution in [2.75, 3.05) is 11.5 Å². The molecule has 2 aromatic rings. The molecular formula is C16H14F2N6O4S4. The van der Waals surface area contributed by atoms with Crippen LogP contribution in [0, 0.1) is 11.6 Å². The van der Waals surface area contributed by atoms with E-state index in [9.17, 15) is 18.4 Å². The molecule has 0 saturated carbocycles. The van der Waals surface area contributed by atoms with Gasteiger partial charge in [0.25, 0.3) is 0 Å². The highest BCUT2D eigenvalue weighted by Crippen LogP contribution is 2.54. The summed E-state index contributed by atoms with van der Waals surface area (Å²) < 4.78 is 41.0. The number of ether oxygens (including phenoxy) is 2. The Labute approximate surface area is 195 Å². The molecule has 0 aliphatic carbocycles. The maximum absolute atomic E-state index is 13.7. The van der Waals surface area contributed by atoms with Crippen molar-refractivity contribution < 1.29 is 18.3 Å². The molecule has 32 heavy (non-hydrogen) atoms. The average molecular weight is 521 g/mol. The van der Waals surface area contributed by atoms with Crippen LogP contribution in [0.15, 0.2) is 45.0 Å². The van der Waals surface area contributed by atoms with Crippen LogP contribution in [0.5, 0.6) is 0 Å². The van der Waals surface area contributed by atoms with Crippen LogP contribution >= 0.6 is 45.1 Å². The molecule has 0 aromatic carbocycles. The van der Waals surface area contributed by atoms with Crippen LogP contribution in [0.1, 0.15) is 11.1 Å². The Bertz CT molecular complexity index is 1130. The number of hydrogen-bond acceptors (Lipinski definition) is 12. The van der Waals surface area contributed by atoms with Gasteiger partial charge in [0, 0.05) is 9.81 Å². The van der Waals surface area contributed by atoms with E-state index < -0.39 is 56.6 Å². The summed E-state index contributed by atoms with van der Waals surface area (Å²) in [6.45, 7) is 7.82. The topological polar surface area (TPSA) is 140 Å². The summed E-state index contributed by atoms with van der Waals surface area (Å²) in [6, 6.07) is 0. The van der Waals surface area contributed by atoms with Gasteiger partial charge < -0.3 is 20.9 Å². The Hall–Kier alpha value is -1.98. The first-order chi connectivity index (χ1) is 15.1. The highest BCUT2D eigenvalue weighted by molar-refractivity contribution is 8.77. The van der Waals surface area contributed by atoms with Crippen molar-refractivity contribution in [1.82, 2.24) is 19.1 Å². The molecule has 4 heterocycles. The zero-order chi connectivity index (χ0) is 23.2. The van der Waals surface area contributed by atoms with Crippen LogP contribution in [0.25, 0.3) is 0 Å². The predicted octanol–water partition coefficient (Wildman–Crippen LogP) is 2.44. The van der Waals surface area contributed by atoms with Crippen molar-refractivity contribution in [3.8, 4) is 0 Å². The van der Waals surface area contributed by atoms with E-state index in [1.54, 1.807) is 0 Å². The van der Waals surface area contributed by atoms with Crippen molar-refractivity contribution >= 4 is 56.7 Å². The van der Waals surface area contributed by atoms with Gasteiger partial charge in [-0.3, -0.25) is 9.13 Å². The van der Waals surface area contributed by atoms with Crippen molar-refractivity contribution in [3.63, 3.8) is 0 Å². The lowest BCUT2D eigenvalue weighted by Crippen LogP contribution is -2.27. The van der Waals surface area contributed by atoms with E-state index in [1.807, 2.05) is 0 Å². The second-order valence-electron chi connectivity index (χ2n) is 6.24. The second kappa shape index (κ2) is 9.11. The highest BCUT2D eigenvalue weighted by Gasteiger charge is 2.37. The molecule has 10 nitrogen and oxygen atoms in total. The Kier molecular flexibility index (Phi) is 6.60. The van der Waals surface area contributed by atoms with E-state index in [2.05, 4.69) is 23.1 Å². The molecule has 0 bridgehead atoms. The minimum absolute atomic E-state index is 0.492. The molecule has 4 atom stereocenters. The smallest absolute Gasteiger partial charge is 0.352 e. The lowest BCUT2D eigenvalue weighted by Gasteiger charge is -2.16. The van der Waals surface area contributed by atoms with Gasteiger partial charge in [-0.15, -0.1) is 0 Å². The maximum Gasteiger partial charge on any atom is 0.352 e. The summed E-state index contributed by atoms with van der Waals surface area (Å²) in [5.41, 5.74) is 6.22. The van der Waals surface area contributed by atoms with E-state index in [4.69, 9.17) is 20.9 Å². The first-order valence-corrected chi connectivity index (χ1v) is 12.6. The molecule has 0 unspecified atom stereocenters. The molecule has 2 fully saturated rings. The lowest BCUT2D eigenvalue weighted by molar-refractivity contribution is 0.0784. The molecule has 2 saturated heterocycles. The minimum Gasteiger partial charge on any atom is -0.381 e. The molecule has 2 aliphatic rings. The van der Waals surface area contributed by atoms with Gasteiger partial charge in [0.05, 0.1) is 12.4 Å². The molecular weight excluding hydrogens is 506 g/mol. The van der Waals surface area contributed by atoms with E-state index in [0.717, 1.165) is 45.1 Å². The third kappa shape index (κ3) is 4.55. The Balaban J connectivity index is 1.40. The summed E-state index contributed by atoms with van der Waals surface area (Å²) in [6.07, 6.45) is 1.85. The zero-order valence-corrected chi connectivity index (χ0v) is 19.1. The number of thioether (sulfide) groups is 2. The average Bonchev–Trinajstić information content (AvgIpc) is 3.28. The fraction of sp³-hybridized carbons (Fsp3) is 0.250. The number of aromatic nitrogens is 4. The second-order valence-corrected chi connectivity index (χ2v) is 11.0. The first kappa shape index (κ1) is 23.2. The molecule has 170 valence electrons. The van der Waals surface area contributed by atoms with E-state index in [1.165, 1.54) is 21.6 Å². The largest absolute Gasteiger partial charge is 0.381 e. The van der Waals surface area contributed by atoms with Gasteiger partial charge in [-0.2, -0.15) is 9.97 Å². The Morgan fingerprint density at radius 1 is 0.875 bits per heavy atom. The van der Waals surface area contributed by atoms with Crippen molar-refractivity contribution in [1.29, 1.82) is 0 Å². The molecule has 0 amide bonds. The molecule has 0 radical (unpaired) electrons. The van der Waals surface area contributed by atoms with Crippen molar-refractivity contribution in [2.45, 2.75) is 22.0 Å². The Morgan fingerprint density at radius 3 is 1.62 bits per heavy atom. The fourth-order valence-electron chi connectivity index (χ4n) is 2.50. The first-order valence-electron chi connectivity index (χ1n) is 8.56. The molecule has 0 spiro atoms. The molecule has 2 aliphatic heterocycles.